The molecule has 0 bridgehead atoms. The van der Waals surface area contributed by atoms with E-state index >= 15 is 0 Å². The first kappa shape index (κ1) is 10.2. The van der Waals surface area contributed by atoms with Crippen molar-refractivity contribution in [2.75, 3.05) is 6.61 Å². The van der Waals surface area contributed by atoms with E-state index in [2.05, 4.69) is 30.9 Å². The maximum Gasteiger partial charge on any atom is 0.228 e. The van der Waals surface area contributed by atoms with E-state index in [9.17, 15) is 0 Å². The van der Waals surface area contributed by atoms with Gasteiger partial charge in [-0.2, -0.15) is 4.98 Å². The highest BCUT2D eigenvalue weighted by Gasteiger charge is 2.15. The summed E-state index contributed by atoms with van der Waals surface area (Å²) >= 11 is 0. The Morgan fingerprint density at radius 1 is 1.38 bits per heavy atom. The predicted molar refractivity (Wildman–Crippen MR) is 48.2 cm³/mol. The number of aliphatic hydroxyl groups excluding tert-OH is 1. The van der Waals surface area contributed by atoms with E-state index in [0.29, 0.717) is 12.3 Å². The SMILES string of the molecule is CC(C)(C)Cc1noc(CCO)n1. The first-order chi connectivity index (χ1) is 6.01. The second-order valence-electron chi connectivity index (χ2n) is 4.32. The number of hydrogen-bond acceptors (Lipinski definition) is 4. The lowest BCUT2D eigenvalue weighted by Crippen LogP contribution is -2.10. The average Bonchev–Trinajstić information content (AvgIpc) is 2.33. The second-order valence-corrected chi connectivity index (χ2v) is 4.32. The Labute approximate surface area is 78.0 Å². The van der Waals surface area contributed by atoms with Crippen LogP contribution in [0.25, 0.3) is 0 Å². The van der Waals surface area contributed by atoms with Crippen LogP contribution in [-0.2, 0) is 12.8 Å². The van der Waals surface area contributed by atoms with E-state index in [-0.39, 0.29) is 12.0 Å². The smallest absolute Gasteiger partial charge is 0.228 e. The molecule has 1 aromatic rings. The van der Waals surface area contributed by atoms with Gasteiger partial charge in [0.05, 0.1) is 13.0 Å². The molecule has 4 nitrogen and oxygen atoms in total. The fourth-order valence-corrected chi connectivity index (χ4v) is 1.03. The van der Waals surface area contributed by atoms with Crippen molar-refractivity contribution < 1.29 is 9.63 Å². The summed E-state index contributed by atoms with van der Waals surface area (Å²) in [6.45, 7) is 6.41. The molecule has 74 valence electrons. The van der Waals surface area contributed by atoms with Crippen molar-refractivity contribution in [2.24, 2.45) is 5.41 Å². The summed E-state index contributed by atoms with van der Waals surface area (Å²) in [6, 6.07) is 0. The Morgan fingerprint density at radius 3 is 2.62 bits per heavy atom. The molecule has 1 aromatic heterocycles. The Kier molecular flexibility index (Phi) is 3.03. The number of rotatable bonds is 3. The molecule has 0 aromatic carbocycles. The molecule has 0 saturated heterocycles. The average molecular weight is 184 g/mol. The van der Waals surface area contributed by atoms with Gasteiger partial charge in [-0.3, -0.25) is 0 Å². The maximum absolute atomic E-state index is 8.63. The zero-order chi connectivity index (χ0) is 9.90. The van der Waals surface area contributed by atoms with Crippen LogP contribution in [0.2, 0.25) is 0 Å². The van der Waals surface area contributed by atoms with E-state index in [1.54, 1.807) is 0 Å². The first-order valence-electron chi connectivity index (χ1n) is 4.43. The van der Waals surface area contributed by atoms with Crippen LogP contribution in [0.15, 0.2) is 4.52 Å². The summed E-state index contributed by atoms with van der Waals surface area (Å²) in [4.78, 5) is 4.15. The van der Waals surface area contributed by atoms with E-state index in [4.69, 9.17) is 9.63 Å². The number of aliphatic hydroxyl groups is 1. The van der Waals surface area contributed by atoms with Crippen molar-refractivity contribution in [3.8, 4) is 0 Å². The minimum atomic E-state index is 0.0527. The van der Waals surface area contributed by atoms with Gasteiger partial charge in [0.1, 0.15) is 0 Å². The Hall–Kier alpha value is -0.900. The lowest BCUT2D eigenvalue weighted by Gasteiger charge is -2.14. The molecule has 0 fully saturated rings. The van der Waals surface area contributed by atoms with Crippen LogP contribution in [0.3, 0.4) is 0 Å². The van der Waals surface area contributed by atoms with E-state index in [1.165, 1.54) is 0 Å². The number of aromatic nitrogens is 2. The third-order valence-electron chi connectivity index (χ3n) is 1.52. The second kappa shape index (κ2) is 3.87. The Balaban J connectivity index is 2.59. The van der Waals surface area contributed by atoms with Gasteiger partial charge in [-0.25, -0.2) is 0 Å². The zero-order valence-electron chi connectivity index (χ0n) is 8.37. The zero-order valence-corrected chi connectivity index (χ0v) is 8.37. The monoisotopic (exact) mass is 184 g/mol. The molecule has 0 aliphatic carbocycles. The molecule has 13 heavy (non-hydrogen) atoms. The fourth-order valence-electron chi connectivity index (χ4n) is 1.03. The van der Waals surface area contributed by atoms with Crippen LogP contribution < -0.4 is 0 Å². The molecule has 0 saturated carbocycles. The molecule has 1 N–H and O–H groups in total. The summed E-state index contributed by atoms with van der Waals surface area (Å²) in [7, 11) is 0. The van der Waals surface area contributed by atoms with Crippen molar-refractivity contribution in [3.05, 3.63) is 11.7 Å². The minimum Gasteiger partial charge on any atom is -0.396 e. The molecule has 0 unspecified atom stereocenters. The minimum absolute atomic E-state index is 0.0527. The molecule has 0 amide bonds. The van der Waals surface area contributed by atoms with Crippen LogP contribution in [0.1, 0.15) is 32.5 Å². The largest absolute Gasteiger partial charge is 0.396 e. The lowest BCUT2D eigenvalue weighted by molar-refractivity contribution is 0.273. The van der Waals surface area contributed by atoms with Crippen LogP contribution >= 0.6 is 0 Å². The molecule has 0 aliphatic heterocycles. The molecule has 0 spiro atoms. The van der Waals surface area contributed by atoms with Crippen molar-refractivity contribution in [3.63, 3.8) is 0 Å². The molecule has 1 heterocycles. The lowest BCUT2D eigenvalue weighted by atomic mass is 9.92. The van der Waals surface area contributed by atoms with E-state index < -0.39 is 0 Å². The van der Waals surface area contributed by atoms with Crippen LogP contribution in [0.5, 0.6) is 0 Å². The van der Waals surface area contributed by atoms with Crippen molar-refractivity contribution in [1.29, 1.82) is 0 Å². The highest BCUT2D eigenvalue weighted by atomic mass is 16.5. The van der Waals surface area contributed by atoms with Gasteiger partial charge < -0.3 is 9.63 Å². The first-order valence-corrected chi connectivity index (χ1v) is 4.43. The highest BCUT2D eigenvalue weighted by Crippen LogP contribution is 2.18. The van der Waals surface area contributed by atoms with Gasteiger partial charge >= 0.3 is 0 Å². The Bertz CT molecular complexity index is 263. The normalized spacial score (nSPS) is 12.0. The third kappa shape index (κ3) is 3.55. The maximum atomic E-state index is 8.63. The predicted octanol–water partition coefficient (Wildman–Crippen LogP) is 1.19. The van der Waals surface area contributed by atoms with Crippen LogP contribution in [-0.4, -0.2) is 21.9 Å². The topological polar surface area (TPSA) is 59.2 Å². The van der Waals surface area contributed by atoms with Gasteiger partial charge in [-0.05, 0) is 5.41 Å². The standard InChI is InChI=1S/C9H16N2O2/c1-9(2,3)6-7-10-8(4-5-12)13-11-7/h12H,4-6H2,1-3H3. The third-order valence-corrected chi connectivity index (χ3v) is 1.52. The number of hydrogen-bond donors (Lipinski definition) is 1. The summed E-state index contributed by atoms with van der Waals surface area (Å²) in [5, 5.41) is 12.5. The van der Waals surface area contributed by atoms with E-state index in [1.807, 2.05) is 0 Å². The van der Waals surface area contributed by atoms with Crippen LogP contribution in [0.4, 0.5) is 0 Å². The van der Waals surface area contributed by atoms with Gasteiger partial charge in [0, 0.05) is 6.42 Å². The summed E-state index contributed by atoms with van der Waals surface area (Å²) in [6.07, 6.45) is 1.24. The van der Waals surface area contributed by atoms with Gasteiger partial charge in [0.2, 0.25) is 5.89 Å². The number of nitrogens with zero attached hydrogens (tertiary/aromatic N) is 2. The van der Waals surface area contributed by atoms with Gasteiger partial charge in [-0.1, -0.05) is 25.9 Å². The highest BCUT2D eigenvalue weighted by molar-refractivity contribution is 4.89. The van der Waals surface area contributed by atoms with Gasteiger partial charge in [0.25, 0.3) is 0 Å². The summed E-state index contributed by atoms with van der Waals surface area (Å²) in [5.41, 5.74) is 0.167. The van der Waals surface area contributed by atoms with Crippen molar-refractivity contribution in [2.45, 2.75) is 33.6 Å². The van der Waals surface area contributed by atoms with Gasteiger partial charge in [-0.15, -0.1) is 0 Å². The molecule has 0 aliphatic rings. The molecular formula is C9H16N2O2. The molecule has 1 rings (SSSR count). The summed E-state index contributed by atoms with van der Waals surface area (Å²) < 4.78 is 4.93. The Morgan fingerprint density at radius 2 is 2.08 bits per heavy atom. The summed E-state index contributed by atoms with van der Waals surface area (Å²) in [5.74, 6) is 1.23. The van der Waals surface area contributed by atoms with Crippen molar-refractivity contribution >= 4 is 0 Å². The van der Waals surface area contributed by atoms with E-state index in [0.717, 1.165) is 12.2 Å². The molecule has 0 radical (unpaired) electrons. The fraction of sp³-hybridized carbons (Fsp3) is 0.778. The molecule has 0 atom stereocenters. The quantitative estimate of drug-likeness (QED) is 0.766. The molecular weight excluding hydrogens is 168 g/mol. The van der Waals surface area contributed by atoms with Gasteiger partial charge in [0.15, 0.2) is 5.82 Å². The van der Waals surface area contributed by atoms with Crippen LogP contribution in [0, 0.1) is 5.41 Å². The molecule has 4 heteroatoms. The van der Waals surface area contributed by atoms with Crippen molar-refractivity contribution in [1.82, 2.24) is 10.1 Å².